The zero-order valence-corrected chi connectivity index (χ0v) is 6.67. The van der Waals surface area contributed by atoms with Gasteiger partial charge in [-0.2, -0.15) is 0 Å². The molecule has 0 aromatic rings. The summed E-state index contributed by atoms with van der Waals surface area (Å²) in [5.74, 6) is 0.895. The van der Waals surface area contributed by atoms with E-state index in [4.69, 9.17) is 4.74 Å². The van der Waals surface area contributed by atoms with Crippen molar-refractivity contribution in [2.24, 2.45) is 11.8 Å². The maximum atomic E-state index is 11.2. The first-order valence-corrected chi connectivity index (χ1v) is 4.13. The molecular weight excluding hydrogens is 142 g/mol. The van der Waals surface area contributed by atoms with Gasteiger partial charge in [0.25, 0.3) is 0 Å². The lowest BCUT2D eigenvalue weighted by Crippen LogP contribution is -2.46. The molecule has 11 heavy (non-hydrogen) atoms. The van der Waals surface area contributed by atoms with Crippen LogP contribution in [0.2, 0.25) is 0 Å². The van der Waals surface area contributed by atoms with E-state index in [1.165, 1.54) is 0 Å². The fraction of sp³-hybridized carbons (Fsp3) is 0.875. The quantitative estimate of drug-likeness (QED) is 0.585. The van der Waals surface area contributed by atoms with Gasteiger partial charge in [-0.3, -0.25) is 4.79 Å². The third-order valence-corrected chi connectivity index (χ3v) is 2.86. The maximum Gasteiger partial charge on any atom is 0.225 e. The molecule has 1 aliphatic heterocycles. The van der Waals surface area contributed by atoms with Crippen molar-refractivity contribution in [3.63, 3.8) is 0 Å². The second kappa shape index (κ2) is 2.48. The fourth-order valence-electron chi connectivity index (χ4n) is 2.27. The Kier molecular flexibility index (Phi) is 1.60. The van der Waals surface area contributed by atoms with Crippen molar-refractivity contribution in [3.8, 4) is 0 Å². The van der Waals surface area contributed by atoms with Crippen LogP contribution in [0.25, 0.3) is 0 Å². The third kappa shape index (κ3) is 0.948. The van der Waals surface area contributed by atoms with E-state index in [1.54, 1.807) is 7.11 Å². The Hall–Kier alpha value is -0.570. The summed E-state index contributed by atoms with van der Waals surface area (Å²) in [7, 11) is 1.70. The average molecular weight is 155 g/mol. The minimum absolute atomic E-state index is 0.138. The molecule has 0 radical (unpaired) electrons. The van der Waals surface area contributed by atoms with Crippen molar-refractivity contribution < 1.29 is 9.53 Å². The number of fused-ring (bicyclic) bond motifs is 2. The maximum absolute atomic E-state index is 11.2. The van der Waals surface area contributed by atoms with Gasteiger partial charge >= 0.3 is 0 Å². The van der Waals surface area contributed by atoms with Crippen LogP contribution < -0.4 is 5.32 Å². The standard InChI is InChI=1S/C8H13NO2/c1-11-7-5-2-3-6(7)8(10)9-4-5/h5-7H,2-4H2,1H3,(H,9,10). The van der Waals surface area contributed by atoms with E-state index in [0.29, 0.717) is 5.92 Å². The molecule has 1 heterocycles. The zero-order chi connectivity index (χ0) is 7.84. The summed E-state index contributed by atoms with van der Waals surface area (Å²) < 4.78 is 5.29. The van der Waals surface area contributed by atoms with Crippen LogP contribution in [0.1, 0.15) is 12.8 Å². The summed E-state index contributed by atoms with van der Waals surface area (Å²) in [5, 5.41) is 2.89. The first-order chi connectivity index (χ1) is 5.33. The molecule has 0 aromatic carbocycles. The summed E-state index contributed by atoms with van der Waals surface area (Å²) in [6.07, 6.45) is 2.35. The Bertz CT molecular complexity index is 181. The van der Waals surface area contributed by atoms with Crippen LogP contribution in [0.5, 0.6) is 0 Å². The fourth-order valence-corrected chi connectivity index (χ4v) is 2.27. The molecule has 1 saturated carbocycles. The number of nitrogens with one attached hydrogen (secondary N) is 1. The van der Waals surface area contributed by atoms with E-state index in [9.17, 15) is 4.79 Å². The first-order valence-electron chi connectivity index (χ1n) is 4.13. The van der Waals surface area contributed by atoms with E-state index in [0.717, 1.165) is 19.4 Å². The lowest BCUT2D eigenvalue weighted by atomic mass is 9.96. The second-order valence-electron chi connectivity index (χ2n) is 3.39. The third-order valence-electron chi connectivity index (χ3n) is 2.86. The number of rotatable bonds is 1. The number of methoxy groups -OCH3 is 1. The van der Waals surface area contributed by atoms with Gasteiger partial charge in [-0.25, -0.2) is 0 Å². The monoisotopic (exact) mass is 155 g/mol. The molecule has 3 unspecified atom stereocenters. The molecule has 2 fully saturated rings. The molecule has 3 atom stereocenters. The molecule has 0 spiro atoms. The Balaban J connectivity index is 2.16. The van der Waals surface area contributed by atoms with Crippen molar-refractivity contribution in [2.45, 2.75) is 18.9 Å². The minimum atomic E-state index is 0.138. The summed E-state index contributed by atoms with van der Waals surface area (Å²) in [5.41, 5.74) is 0. The smallest absolute Gasteiger partial charge is 0.225 e. The zero-order valence-electron chi connectivity index (χ0n) is 6.67. The molecular formula is C8H13NO2. The minimum Gasteiger partial charge on any atom is -0.380 e. The van der Waals surface area contributed by atoms with Gasteiger partial charge in [-0.15, -0.1) is 0 Å². The molecule has 1 aliphatic carbocycles. The van der Waals surface area contributed by atoms with Gasteiger partial charge in [-0.1, -0.05) is 0 Å². The number of ether oxygens (including phenoxy) is 1. The van der Waals surface area contributed by atoms with Crippen molar-refractivity contribution in [1.82, 2.24) is 5.32 Å². The molecule has 2 bridgehead atoms. The van der Waals surface area contributed by atoms with E-state index < -0.39 is 0 Å². The van der Waals surface area contributed by atoms with E-state index in [-0.39, 0.29) is 17.9 Å². The van der Waals surface area contributed by atoms with Crippen molar-refractivity contribution >= 4 is 5.91 Å². The van der Waals surface area contributed by atoms with Gasteiger partial charge in [0, 0.05) is 19.6 Å². The number of hydrogen-bond donors (Lipinski definition) is 1. The molecule has 3 nitrogen and oxygen atoms in total. The highest BCUT2D eigenvalue weighted by Crippen LogP contribution is 2.35. The van der Waals surface area contributed by atoms with Crippen LogP contribution in [-0.4, -0.2) is 25.7 Å². The van der Waals surface area contributed by atoms with Crippen LogP contribution in [0, 0.1) is 11.8 Å². The molecule has 1 N–H and O–H groups in total. The Morgan fingerprint density at radius 2 is 2.36 bits per heavy atom. The summed E-state index contributed by atoms with van der Waals surface area (Å²) in [4.78, 5) is 11.2. The topological polar surface area (TPSA) is 38.3 Å². The highest BCUT2D eigenvalue weighted by molar-refractivity contribution is 5.80. The summed E-state index contributed by atoms with van der Waals surface area (Å²) in [6.45, 7) is 0.813. The molecule has 62 valence electrons. The van der Waals surface area contributed by atoms with Crippen molar-refractivity contribution in [1.29, 1.82) is 0 Å². The van der Waals surface area contributed by atoms with Gasteiger partial charge in [0.1, 0.15) is 0 Å². The predicted octanol–water partition coefficient (Wildman–Crippen LogP) is 0.157. The number of piperidine rings is 1. The van der Waals surface area contributed by atoms with Crippen LogP contribution in [0.3, 0.4) is 0 Å². The second-order valence-corrected chi connectivity index (χ2v) is 3.39. The lowest BCUT2D eigenvalue weighted by Gasteiger charge is -2.28. The number of amides is 1. The predicted molar refractivity (Wildman–Crippen MR) is 40.0 cm³/mol. The highest BCUT2D eigenvalue weighted by Gasteiger charge is 2.43. The normalized spacial score (nSPS) is 42.3. The van der Waals surface area contributed by atoms with Crippen LogP contribution in [0.4, 0.5) is 0 Å². The van der Waals surface area contributed by atoms with E-state index in [1.807, 2.05) is 0 Å². The van der Waals surface area contributed by atoms with Crippen molar-refractivity contribution in [2.75, 3.05) is 13.7 Å². The van der Waals surface area contributed by atoms with Crippen LogP contribution in [0.15, 0.2) is 0 Å². The molecule has 3 heteroatoms. The lowest BCUT2D eigenvalue weighted by molar-refractivity contribution is -0.132. The summed E-state index contributed by atoms with van der Waals surface area (Å²) >= 11 is 0. The molecule has 1 amide bonds. The average Bonchev–Trinajstić information content (AvgIpc) is 2.34. The number of hydrogen-bond acceptors (Lipinski definition) is 2. The van der Waals surface area contributed by atoms with Gasteiger partial charge in [0.15, 0.2) is 0 Å². The van der Waals surface area contributed by atoms with E-state index >= 15 is 0 Å². The number of carbonyl (C=O) groups is 1. The Morgan fingerprint density at radius 3 is 3.00 bits per heavy atom. The van der Waals surface area contributed by atoms with Gasteiger partial charge in [0.2, 0.25) is 5.91 Å². The van der Waals surface area contributed by atoms with Crippen molar-refractivity contribution in [3.05, 3.63) is 0 Å². The molecule has 2 aliphatic rings. The highest BCUT2D eigenvalue weighted by atomic mass is 16.5. The van der Waals surface area contributed by atoms with Crippen LogP contribution in [-0.2, 0) is 9.53 Å². The first kappa shape index (κ1) is 7.10. The number of carbonyl (C=O) groups excluding carboxylic acids is 1. The van der Waals surface area contributed by atoms with E-state index in [2.05, 4.69) is 5.32 Å². The Morgan fingerprint density at radius 1 is 1.55 bits per heavy atom. The van der Waals surface area contributed by atoms with Gasteiger partial charge in [0.05, 0.1) is 12.0 Å². The summed E-state index contributed by atoms with van der Waals surface area (Å²) in [6, 6.07) is 0. The SMILES string of the molecule is COC1C2CCC1C(=O)NC2. The van der Waals surface area contributed by atoms with Crippen LogP contribution >= 0.6 is 0 Å². The Labute approximate surface area is 66.1 Å². The largest absolute Gasteiger partial charge is 0.380 e. The van der Waals surface area contributed by atoms with Gasteiger partial charge in [-0.05, 0) is 12.8 Å². The molecule has 1 saturated heterocycles. The molecule has 2 rings (SSSR count). The molecule has 0 aromatic heterocycles. The van der Waals surface area contributed by atoms with Gasteiger partial charge < -0.3 is 10.1 Å².